The molecule has 2 unspecified atom stereocenters. The minimum absolute atomic E-state index is 0.137. The largest absolute Gasteiger partial charge is 0.373 e. The molecule has 1 heterocycles. The minimum Gasteiger partial charge on any atom is -0.373 e. The third kappa shape index (κ3) is 3.66. The fourth-order valence-corrected chi connectivity index (χ4v) is 4.17. The van der Waals surface area contributed by atoms with Crippen LogP contribution < -0.4 is 5.32 Å². The van der Waals surface area contributed by atoms with E-state index in [1.165, 1.54) is 16.4 Å². The molecule has 0 aromatic heterocycles. The van der Waals surface area contributed by atoms with Gasteiger partial charge in [0.2, 0.25) is 10.0 Å². The van der Waals surface area contributed by atoms with Gasteiger partial charge in [-0.1, -0.05) is 6.07 Å². The lowest BCUT2D eigenvalue weighted by Gasteiger charge is -2.34. The van der Waals surface area contributed by atoms with Crippen molar-refractivity contribution in [3.63, 3.8) is 0 Å². The number of hydrogen-bond acceptors (Lipinski definition) is 4. The molecule has 122 valence electrons. The molecule has 0 radical (unpaired) electrons. The van der Waals surface area contributed by atoms with E-state index in [0.717, 1.165) is 0 Å². The third-order valence-corrected chi connectivity index (χ3v) is 5.29. The van der Waals surface area contributed by atoms with Gasteiger partial charge in [-0.25, -0.2) is 8.42 Å². The van der Waals surface area contributed by atoms with Crippen LogP contribution in [0.15, 0.2) is 29.2 Å². The van der Waals surface area contributed by atoms with Crippen LogP contribution in [0.2, 0.25) is 0 Å². The van der Waals surface area contributed by atoms with Gasteiger partial charge in [0.15, 0.2) is 0 Å². The number of nitrogens with one attached hydrogen (secondary N) is 1. The molecule has 1 fully saturated rings. The van der Waals surface area contributed by atoms with Gasteiger partial charge in [0.1, 0.15) is 0 Å². The maximum absolute atomic E-state index is 12.7. The lowest BCUT2D eigenvalue weighted by molar-refractivity contribution is -0.0440. The van der Waals surface area contributed by atoms with E-state index < -0.39 is 10.0 Å². The Balaban J connectivity index is 2.29. The molecule has 0 bridgehead atoms. The van der Waals surface area contributed by atoms with Crippen molar-refractivity contribution in [3.8, 4) is 0 Å². The van der Waals surface area contributed by atoms with Crippen molar-refractivity contribution in [1.82, 2.24) is 9.62 Å². The summed E-state index contributed by atoms with van der Waals surface area (Å²) in [4.78, 5) is 12.0. The van der Waals surface area contributed by atoms with Gasteiger partial charge in [-0.05, 0) is 39.0 Å². The van der Waals surface area contributed by atoms with Crippen molar-refractivity contribution in [3.05, 3.63) is 29.8 Å². The van der Waals surface area contributed by atoms with Crippen molar-refractivity contribution in [2.24, 2.45) is 0 Å². The van der Waals surface area contributed by atoms with Crippen LogP contribution in [-0.2, 0) is 14.8 Å². The molecule has 2 rings (SSSR count). The Morgan fingerprint density at radius 3 is 2.55 bits per heavy atom. The van der Waals surface area contributed by atoms with Gasteiger partial charge in [0.05, 0.1) is 17.1 Å². The van der Waals surface area contributed by atoms with Crippen LogP contribution in [0, 0.1) is 0 Å². The van der Waals surface area contributed by atoms with Crippen LogP contribution in [-0.4, -0.2) is 50.5 Å². The maximum Gasteiger partial charge on any atom is 0.251 e. The van der Waals surface area contributed by atoms with Crippen molar-refractivity contribution < 1.29 is 17.9 Å². The fourth-order valence-electron chi connectivity index (χ4n) is 2.54. The topological polar surface area (TPSA) is 75.7 Å². The van der Waals surface area contributed by atoms with E-state index in [4.69, 9.17) is 4.74 Å². The molecule has 0 aliphatic carbocycles. The number of carbonyl (C=O) groups excluding carboxylic acids is 1. The smallest absolute Gasteiger partial charge is 0.251 e. The number of sulfonamides is 1. The van der Waals surface area contributed by atoms with Crippen molar-refractivity contribution in [2.45, 2.75) is 37.9 Å². The van der Waals surface area contributed by atoms with Crippen LogP contribution in [0.3, 0.4) is 0 Å². The summed E-state index contributed by atoms with van der Waals surface area (Å²) in [5, 5.41) is 2.67. The second kappa shape index (κ2) is 6.76. The zero-order valence-electron chi connectivity index (χ0n) is 13.1. The Labute approximate surface area is 131 Å². The highest BCUT2D eigenvalue weighted by Crippen LogP contribution is 2.21. The van der Waals surface area contributed by atoms with Gasteiger partial charge >= 0.3 is 0 Å². The highest BCUT2D eigenvalue weighted by atomic mass is 32.2. The summed E-state index contributed by atoms with van der Waals surface area (Å²) in [7, 11) is -3.63. The number of hydrogen-bond donors (Lipinski definition) is 1. The van der Waals surface area contributed by atoms with Crippen LogP contribution >= 0.6 is 0 Å². The summed E-state index contributed by atoms with van der Waals surface area (Å²) in [5.41, 5.74) is 0.345. The van der Waals surface area contributed by atoms with E-state index in [1.54, 1.807) is 12.1 Å². The van der Waals surface area contributed by atoms with Crippen molar-refractivity contribution in [2.75, 3.05) is 19.6 Å². The molecule has 1 aromatic rings. The Bertz CT molecular complexity index is 635. The zero-order chi connectivity index (χ0) is 16.3. The van der Waals surface area contributed by atoms with E-state index in [0.29, 0.717) is 25.2 Å². The Morgan fingerprint density at radius 1 is 1.32 bits per heavy atom. The minimum atomic E-state index is -3.63. The molecule has 0 spiro atoms. The first-order valence-corrected chi connectivity index (χ1v) is 8.82. The van der Waals surface area contributed by atoms with E-state index in [9.17, 15) is 13.2 Å². The SMILES string of the molecule is CCNC(=O)c1cccc(S(=O)(=O)N2CC(C)OC(C)C2)c1. The van der Waals surface area contributed by atoms with Crippen molar-refractivity contribution in [1.29, 1.82) is 0 Å². The Morgan fingerprint density at radius 2 is 1.95 bits per heavy atom. The molecule has 7 heteroatoms. The van der Waals surface area contributed by atoms with Crippen LogP contribution in [0.5, 0.6) is 0 Å². The molecule has 6 nitrogen and oxygen atoms in total. The standard InChI is InChI=1S/C15H22N2O4S/c1-4-16-15(18)13-6-5-7-14(8-13)22(19,20)17-9-11(2)21-12(3)10-17/h5-8,11-12H,4,9-10H2,1-3H3,(H,16,18). The summed E-state index contributed by atoms with van der Waals surface area (Å²) >= 11 is 0. The van der Waals surface area contributed by atoms with Gasteiger partial charge in [0, 0.05) is 25.2 Å². The highest BCUT2D eigenvalue weighted by Gasteiger charge is 2.32. The summed E-state index contributed by atoms with van der Waals surface area (Å²) in [6, 6.07) is 6.13. The molecular weight excluding hydrogens is 304 g/mol. The summed E-state index contributed by atoms with van der Waals surface area (Å²) in [5.74, 6) is -0.275. The molecule has 1 N–H and O–H groups in total. The third-order valence-electron chi connectivity index (χ3n) is 3.46. The molecular formula is C15H22N2O4S. The number of carbonyl (C=O) groups is 1. The molecule has 0 saturated carbocycles. The number of ether oxygens (including phenoxy) is 1. The van der Waals surface area contributed by atoms with Crippen LogP contribution in [0.25, 0.3) is 0 Å². The molecule has 1 saturated heterocycles. The number of benzene rings is 1. The van der Waals surface area contributed by atoms with E-state index in [-0.39, 0.29) is 23.0 Å². The second-order valence-corrected chi connectivity index (χ2v) is 7.40. The summed E-state index contributed by atoms with van der Waals surface area (Å²) < 4.78 is 32.5. The zero-order valence-corrected chi connectivity index (χ0v) is 13.9. The number of rotatable bonds is 4. The van der Waals surface area contributed by atoms with Gasteiger partial charge in [0.25, 0.3) is 5.91 Å². The Hall–Kier alpha value is -1.44. The van der Waals surface area contributed by atoms with E-state index in [1.807, 2.05) is 20.8 Å². The second-order valence-electron chi connectivity index (χ2n) is 5.47. The van der Waals surface area contributed by atoms with Crippen molar-refractivity contribution >= 4 is 15.9 Å². The van der Waals surface area contributed by atoms with Gasteiger partial charge in [-0.3, -0.25) is 4.79 Å². The molecule has 1 amide bonds. The van der Waals surface area contributed by atoms with Crippen LogP contribution in [0.1, 0.15) is 31.1 Å². The average molecular weight is 326 g/mol. The van der Waals surface area contributed by atoms with E-state index in [2.05, 4.69) is 5.32 Å². The maximum atomic E-state index is 12.7. The van der Waals surface area contributed by atoms with Crippen LogP contribution in [0.4, 0.5) is 0 Å². The first kappa shape index (κ1) is 16.9. The van der Waals surface area contributed by atoms with E-state index >= 15 is 0 Å². The highest BCUT2D eigenvalue weighted by molar-refractivity contribution is 7.89. The number of nitrogens with zero attached hydrogens (tertiary/aromatic N) is 1. The molecule has 1 aromatic carbocycles. The summed E-state index contributed by atoms with van der Waals surface area (Å²) in [6.45, 7) is 6.64. The Kier molecular flexibility index (Phi) is 5.20. The summed E-state index contributed by atoms with van der Waals surface area (Å²) in [6.07, 6.45) is -0.296. The molecule has 22 heavy (non-hydrogen) atoms. The molecule has 1 aliphatic heterocycles. The monoisotopic (exact) mass is 326 g/mol. The normalized spacial score (nSPS) is 23.2. The first-order chi connectivity index (χ1) is 10.3. The predicted octanol–water partition coefficient (Wildman–Crippen LogP) is 1.23. The van der Waals surface area contributed by atoms with Gasteiger partial charge in [-0.2, -0.15) is 4.31 Å². The molecule has 2 atom stereocenters. The van der Waals surface area contributed by atoms with Gasteiger partial charge in [-0.15, -0.1) is 0 Å². The predicted molar refractivity (Wildman–Crippen MR) is 83.2 cm³/mol. The number of amides is 1. The fraction of sp³-hybridized carbons (Fsp3) is 0.533. The number of morpholine rings is 1. The average Bonchev–Trinajstić information content (AvgIpc) is 2.46. The quantitative estimate of drug-likeness (QED) is 0.903. The molecule has 1 aliphatic rings. The first-order valence-electron chi connectivity index (χ1n) is 7.38. The lowest BCUT2D eigenvalue weighted by atomic mass is 10.2. The van der Waals surface area contributed by atoms with Gasteiger partial charge < -0.3 is 10.1 Å². The lowest BCUT2D eigenvalue weighted by Crippen LogP contribution is -2.48.